The molecular formula is C10H18Cl2N4O2. The van der Waals surface area contributed by atoms with Crippen molar-refractivity contribution in [1.29, 1.82) is 0 Å². The van der Waals surface area contributed by atoms with Crippen molar-refractivity contribution in [3.63, 3.8) is 0 Å². The molecule has 1 aromatic heterocycles. The monoisotopic (exact) mass is 296 g/mol. The minimum atomic E-state index is -0.737. The van der Waals surface area contributed by atoms with Crippen LogP contribution in [0.4, 0.5) is 11.5 Å². The Morgan fingerprint density at radius 2 is 2.22 bits per heavy atom. The Kier molecular flexibility index (Phi) is 6.28. The molecule has 0 bridgehead atoms. The quantitative estimate of drug-likeness (QED) is 0.855. The summed E-state index contributed by atoms with van der Waals surface area (Å²) in [6.07, 6.45) is 3.34. The first-order chi connectivity index (χ1) is 7.58. The summed E-state index contributed by atoms with van der Waals surface area (Å²) in [6.45, 7) is 1.32. The van der Waals surface area contributed by atoms with Crippen LogP contribution in [0.1, 0.15) is 12.8 Å². The SMILES string of the molecule is Cl.Cl.Cn1cc(N)c(N2CCCC(C(=O)O)C2)n1. The lowest BCUT2D eigenvalue weighted by atomic mass is 9.98. The van der Waals surface area contributed by atoms with Gasteiger partial charge in [-0.2, -0.15) is 5.10 Å². The molecule has 3 N–H and O–H groups in total. The van der Waals surface area contributed by atoms with Crippen LogP contribution >= 0.6 is 24.8 Å². The van der Waals surface area contributed by atoms with E-state index in [4.69, 9.17) is 10.8 Å². The molecule has 1 atom stereocenters. The summed E-state index contributed by atoms with van der Waals surface area (Å²) in [7, 11) is 1.80. The average Bonchev–Trinajstić information content (AvgIpc) is 2.58. The molecule has 1 saturated heterocycles. The van der Waals surface area contributed by atoms with Crippen LogP contribution in [-0.4, -0.2) is 33.9 Å². The van der Waals surface area contributed by atoms with Crippen LogP contribution in [-0.2, 0) is 11.8 Å². The second kappa shape index (κ2) is 6.70. The molecule has 6 nitrogen and oxygen atoms in total. The van der Waals surface area contributed by atoms with Gasteiger partial charge in [0.25, 0.3) is 0 Å². The largest absolute Gasteiger partial charge is 0.481 e. The molecule has 104 valence electrons. The number of aliphatic carboxylic acids is 1. The van der Waals surface area contributed by atoms with Crippen molar-refractivity contribution < 1.29 is 9.90 Å². The predicted octanol–water partition coefficient (Wildman–Crippen LogP) is 1.15. The fourth-order valence-electron chi connectivity index (χ4n) is 2.11. The van der Waals surface area contributed by atoms with E-state index in [0.717, 1.165) is 19.4 Å². The molecule has 8 heteroatoms. The summed E-state index contributed by atoms with van der Waals surface area (Å²) in [5.41, 5.74) is 6.43. The normalized spacial score (nSPS) is 18.7. The van der Waals surface area contributed by atoms with E-state index in [2.05, 4.69) is 5.10 Å². The van der Waals surface area contributed by atoms with Gasteiger partial charge in [0.15, 0.2) is 5.82 Å². The Labute approximate surface area is 118 Å². The van der Waals surface area contributed by atoms with Crippen LogP contribution in [0.2, 0.25) is 0 Å². The molecule has 1 aliphatic heterocycles. The number of piperidine rings is 1. The van der Waals surface area contributed by atoms with E-state index in [0.29, 0.717) is 18.1 Å². The molecule has 0 aromatic carbocycles. The molecule has 1 fully saturated rings. The number of carboxylic acid groups (broad SMARTS) is 1. The Hall–Kier alpha value is -1.14. The van der Waals surface area contributed by atoms with Gasteiger partial charge in [-0.05, 0) is 12.8 Å². The molecule has 0 amide bonds. The maximum Gasteiger partial charge on any atom is 0.308 e. The predicted molar refractivity (Wildman–Crippen MR) is 74.7 cm³/mol. The maximum atomic E-state index is 10.9. The Balaban J connectivity index is 0.00000144. The topological polar surface area (TPSA) is 84.4 Å². The van der Waals surface area contributed by atoms with Crippen molar-refractivity contribution in [2.24, 2.45) is 13.0 Å². The molecule has 0 aliphatic carbocycles. The fourth-order valence-corrected chi connectivity index (χ4v) is 2.11. The van der Waals surface area contributed by atoms with Gasteiger partial charge in [0, 0.05) is 26.3 Å². The molecule has 0 saturated carbocycles. The lowest BCUT2D eigenvalue weighted by Gasteiger charge is -2.30. The number of anilines is 2. The first-order valence-corrected chi connectivity index (χ1v) is 5.35. The van der Waals surface area contributed by atoms with E-state index in [9.17, 15) is 4.79 Å². The van der Waals surface area contributed by atoms with Crippen LogP contribution in [0.5, 0.6) is 0 Å². The Morgan fingerprint density at radius 1 is 1.56 bits per heavy atom. The molecule has 1 unspecified atom stereocenters. The van der Waals surface area contributed by atoms with Crippen molar-refractivity contribution in [2.75, 3.05) is 23.7 Å². The zero-order chi connectivity index (χ0) is 11.7. The van der Waals surface area contributed by atoms with Crippen molar-refractivity contribution in [2.45, 2.75) is 12.8 Å². The fraction of sp³-hybridized carbons (Fsp3) is 0.600. The zero-order valence-electron chi connectivity index (χ0n) is 10.1. The molecule has 18 heavy (non-hydrogen) atoms. The van der Waals surface area contributed by atoms with Crippen LogP contribution in [0.3, 0.4) is 0 Å². The lowest BCUT2D eigenvalue weighted by molar-refractivity contribution is -0.141. The third-order valence-corrected chi connectivity index (χ3v) is 2.91. The summed E-state index contributed by atoms with van der Waals surface area (Å²) in [6, 6.07) is 0. The van der Waals surface area contributed by atoms with Gasteiger partial charge in [-0.1, -0.05) is 0 Å². The van der Waals surface area contributed by atoms with Crippen molar-refractivity contribution >= 4 is 42.3 Å². The van der Waals surface area contributed by atoms with Gasteiger partial charge in [0.1, 0.15) is 0 Å². The average molecular weight is 297 g/mol. The number of hydrogen-bond donors (Lipinski definition) is 2. The van der Waals surface area contributed by atoms with Crippen LogP contribution in [0, 0.1) is 5.92 Å². The van der Waals surface area contributed by atoms with Gasteiger partial charge in [0.05, 0.1) is 11.6 Å². The van der Waals surface area contributed by atoms with Gasteiger partial charge in [-0.3, -0.25) is 9.48 Å². The second-order valence-corrected chi connectivity index (χ2v) is 4.21. The Morgan fingerprint density at radius 3 is 2.72 bits per heavy atom. The van der Waals surface area contributed by atoms with Crippen molar-refractivity contribution in [3.8, 4) is 0 Å². The number of hydrogen-bond acceptors (Lipinski definition) is 4. The van der Waals surface area contributed by atoms with Gasteiger partial charge in [0.2, 0.25) is 0 Å². The van der Waals surface area contributed by atoms with E-state index in [-0.39, 0.29) is 30.7 Å². The summed E-state index contributed by atoms with van der Waals surface area (Å²) >= 11 is 0. The number of rotatable bonds is 2. The standard InChI is InChI=1S/C10H16N4O2.2ClH/c1-13-6-8(11)9(12-13)14-4-2-3-7(5-14)10(15)16;;/h6-7H,2-5,11H2,1H3,(H,15,16);2*1H. The minimum Gasteiger partial charge on any atom is -0.481 e. The number of nitrogens with two attached hydrogens (primary N) is 1. The van der Waals surface area contributed by atoms with Gasteiger partial charge in [-0.15, -0.1) is 24.8 Å². The van der Waals surface area contributed by atoms with E-state index < -0.39 is 5.97 Å². The summed E-state index contributed by atoms with van der Waals surface area (Å²) in [5, 5.41) is 13.2. The Bertz CT molecular complexity index is 411. The third-order valence-electron chi connectivity index (χ3n) is 2.91. The molecular weight excluding hydrogens is 279 g/mol. The first-order valence-electron chi connectivity index (χ1n) is 5.35. The number of nitrogens with zero attached hydrogens (tertiary/aromatic N) is 3. The molecule has 2 heterocycles. The number of nitrogen functional groups attached to an aromatic ring is 1. The molecule has 1 aromatic rings. The van der Waals surface area contributed by atoms with Crippen LogP contribution < -0.4 is 10.6 Å². The molecule has 2 rings (SSSR count). The van der Waals surface area contributed by atoms with Crippen molar-refractivity contribution in [1.82, 2.24) is 9.78 Å². The molecule has 0 radical (unpaired) electrons. The molecule has 0 spiro atoms. The van der Waals surface area contributed by atoms with Gasteiger partial charge < -0.3 is 15.7 Å². The number of carboxylic acids is 1. The number of aromatic nitrogens is 2. The third kappa shape index (κ3) is 3.43. The van der Waals surface area contributed by atoms with Crippen LogP contribution in [0.25, 0.3) is 0 Å². The summed E-state index contributed by atoms with van der Waals surface area (Å²) in [5.74, 6) is -0.345. The highest BCUT2D eigenvalue weighted by atomic mass is 35.5. The van der Waals surface area contributed by atoms with E-state index >= 15 is 0 Å². The summed E-state index contributed by atoms with van der Waals surface area (Å²) < 4.78 is 1.65. The summed E-state index contributed by atoms with van der Waals surface area (Å²) in [4.78, 5) is 12.9. The van der Waals surface area contributed by atoms with Crippen molar-refractivity contribution in [3.05, 3.63) is 6.20 Å². The minimum absolute atomic E-state index is 0. The maximum absolute atomic E-state index is 10.9. The highest BCUT2D eigenvalue weighted by Crippen LogP contribution is 2.26. The van der Waals surface area contributed by atoms with Crippen LogP contribution in [0.15, 0.2) is 6.20 Å². The first kappa shape index (κ1) is 16.9. The number of carbonyl (C=O) groups is 1. The molecule has 1 aliphatic rings. The second-order valence-electron chi connectivity index (χ2n) is 4.21. The van der Waals surface area contributed by atoms with Gasteiger partial charge >= 0.3 is 5.97 Å². The number of halogens is 2. The highest BCUT2D eigenvalue weighted by molar-refractivity contribution is 5.85. The van der Waals surface area contributed by atoms with Gasteiger partial charge in [-0.25, -0.2) is 0 Å². The highest BCUT2D eigenvalue weighted by Gasteiger charge is 2.27. The smallest absolute Gasteiger partial charge is 0.308 e. The van der Waals surface area contributed by atoms with E-state index in [1.807, 2.05) is 4.90 Å². The van der Waals surface area contributed by atoms with E-state index in [1.54, 1.807) is 17.9 Å². The van der Waals surface area contributed by atoms with E-state index in [1.165, 1.54) is 0 Å². The zero-order valence-corrected chi connectivity index (χ0v) is 11.7. The number of aryl methyl sites for hydroxylation is 1. The lowest BCUT2D eigenvalue weighted by Crippen LogP contribution is -2.39.